The minimum absolute atomic E-state index is 0.0819. The number of anilines is 2. The van der Waals surface area contributed by atoms with Crippen LogP contribution in [0.15, 0.2) is 54.7 Å². The number of benzene rings is 1. The highest BCUT2D eigenvalue weighted by Crippen LogP contribution is 2.43. The predicted molar refractivity (Wildman–Crippen MR) is 134 cm³/mol. The van der Waals surface area contributed by atoms with E-state index >= 15 is 0 Å². The lowest BCUT2D eigenvalue weighted by atomic mass is 9.96. The van der Waals surface area contributed by atoms with Crippen molar-refractivity contribution >= 4 is 34.6 Å². The van der Waals surface area contributed by atoms with Crippen LogP contribution in [0.25, 0.3) is 0 Å². The largest absolute Gasteiger partial charge is 0.383 e. The zero-order chi connectivity index (χ0) is 23.5. The maximum Gasteiger partial charge on any atom is 0.221 e. The third-order valence-electron chi connectivity index (χ3n) is 6.01. The molecule has 1 amide bonds. The second-order valence-electron chi connectivity index (χ2n) is 8.20. The average molecular weight is 464 g/mol. The minimum Gasteiger partial charge on any atom is -0.383 e. The molecule has 1 fully saturated rings. The first-order valence-electron chi connectivity index (χ1n) is 10.9. The van der Waals surface area contributed by atoms with Crippen LogP contribution in [-0.2, 0) is 16.1 Å². The van der Waals surface area contributed by atoms with Gasteiger partial charge in [0.05, 0.1) is 24.4 Å². The Morgan fingerprint density at radius 2 is 1.97 bits per heavy atom. The molecule has 0 spiro atoms. The van der Waals surface area contributed by atoms with Crippen molar-refractivity contribution in [3.63, 3.8) is 0 Å². The zero-order valence-electron chi connectivity index (χ0n) is 19.3. The van der Waals surface area contributed by atoms with Crippen molar-refractivity contribution in [3.05, 3.63) is 77.4 Å². The summed E-state index contributed by atoms with van der Waals surface area (Å²) in [5.74, 6) is -0.0994. The highest BCUT2D eigenvalue weighted by molar-refractivity contribution is 7.80. The van der Waals surface area contributed by atoms with Gasteiger partial charge in [-0.15, -0.1) is 0 Å². The molecule has 1 saturated heterocycles. The summed E-state index contributed by atoms with van der Waals surface area (Å²) in [4.78, 5) is 18.2. The highest BCUT2D eigenvalue weighted by Gasteiger charge is 2.42. The summed E-state index contributed by atoms with van der Waals surface area (Å²) in [5.41, 5.74) is 6.19. The molecule has 4 rings (SSSR count). The van der Waals surface area contributed by atoms with E-state index in [0.29, 0.717) is 11.7 Å². The number of carbonyl (C=O) groups excluding carboxylic acids is 1. The van der Waals surface area contributed by atoms with Gasteiger partial charge >= 0.3 is 0 Å². The van der Waals surface area contributed by atoms with E-state index in [1.54, 1.807) is 7.11 Å². The van der Waals surface area contributed by atoms with Gasteiger partial charge in [-0.2, -0.15) is 0 Å². The Bertz CT molecular complexity index is 1140. The first-order chi connectivity index (χ1) is 15.9. The maximum atomic E-state index is 11.4. The van der Waals surface area contributed by atoms with E-state index in [4.69, 9.17) is 17.0 Å². The normalized spacial score (nSPS) is 17.8. The summed E-state index contributed by atoms with van der Waals surface area (Å²) in [6, 6.07) is 15.7. The Balaban J connectivity index is 1.79. The maximum absolute atomic E-state index is 11.4. The zero-order valence-corrected chi connectivity index (χ0v) is 20.1. The number of rotatable bonds is 7. The van der Waals surface area contributed by atoms with E-state index < -0.39 is 0 Å². The number of hydrogen-bond acceptors (Lipinski definition) is 4. The van der Waals surface area contributed by atoms with Gasteiger partial charge in [-0.05, 0) is 74.1 Å². The van der Waals surface area contributed by atoms with E-state index in [0.717, 1.165) is 23.6 Å². The summed E-state index contributed by atoms with van der Waals surface area (Å²) in [5, 5.41) is 6.97. The van der Waals surface area contributed by atoms with Gasteiger partial charge in [0.2, 0.25) is 5.91 Å². The van der Waals surface area contributed by atoms with Gasteiger partial charge in [-0.1, -0.05) is 6.07 Å². The molecule has 0 saturated carbocycles. The van der Waals surface area contributed by atoms with Crippen molar-refractivity contribution in [2.45, 2.75) is 39.4 Å². The van der Waals surface area contributed by atoms with Crippen molar-refractivity contribution in [3.8, 4) is 0 Å². The van der Waals surface area contributed by atoms with Gasteiger partial charge in [0.15, 0.2) is 5.11 Å². The highest BCUT2D eigenvalue weighted by atomic mass is 32.1. The van der Waals surface area contributed by atoms with Gasteiger partial charge in [-0.25, -0.2) is 0 Å². The standard InChI is InChI=1S/C25H29N5O2S/c1-16-15-21(17(2)29(16)13-14-32-4)24-23(22-7-5-6-12-26-22)28-25(33)30(24)20-10-8-19(9-11-20)27-18(3)31/h5-12,15,23-24H,13-14H2,1-4H3,(H,27,31)(H,28,33)/t23-,24+/m1/s1. The number of hydrogen-bond donors (Lipinski definition) is 2. The van der Waals surface area contributed by atoms with E-state index in [1.165, 1.54) is 23.9 Å². The molecule has 0 radical (unpaired) electrons. The summed E-state index contributed by atoms with van der Waals surface area (Å²) in [7, 11) is 1.72. The van der Waals surface area contributed by atoms with Crippen LogP contribution < -0.4 is 15.5 Å². The number of ether oxygens (including phenoxy) is 1. The Morgan fingerprint density at radius 1 is 1.21 bits per heavy atom. The number of nitrogens with one attached hydrogen (secondary N) is 2. The molecule has 2 atom stereocenters. The molecular weight excluding hydrogens is 434 g/mol. The number of amides is 1. The number of carbonyl (C=O) groups is 1. The van der Waals surface area contributed by atoms with Crippen LogP contribution in [0.1, 0.15) is 41.7 Å². The number of aromatic nitrogens is 2. The molecule has 1 aliphatic heterocycles. The van der Waals surface area contributed by atoms with E-state index in [1.807, 2.05) is 48.7 Å². The molecule has 2 aromatic heterocycles. The molecule has 2 N–H and O–H groups in total. The molecule has 8 heteroatoms. The van der Waals surface area contributed by atoms with Gasteiger partial charge in [0, 0.05) is 49.5 Å². The molecule has 0 unspecified atom stereocenters. The minimum atomic E-state index is -0.106. The van der Waals surface area contributed by atoms with Crippen LogP contribution in [0, 0.1) is 13.8 Å². The fourth-order valence-electron chi connectivity index (χ4n) is 4.51. The van der Waals surface area contributed by atoms with E-state index in [2.05, 4.69) is 45.0 Å². The van der Waals surface area contributed by atoms with Gasteiger partial charge in [-0.3, -0.25) is 9.78 Å². The number of aryl methyl sites for hydroxylation is 1. The quantitative estimate of drug-likeness (QED) is 0.510. The molecule has 0 aliphatic carbocycles. The van der Waals surface area contributed by atoms with E-state index in [9.17, 15) is 4.79 Å². The van der Waals surface area contributed by atoms with Gasteiger partial charge in [0.1, 0.15) is 0 Å². The van der Waals surface area contributed by atoms with Crippen LogP contribution in [-0.4, -0.2) is 34.3 Å². The smallest absolute Gasteiger partial charge is 0.221 e. The van der Waals surface area contributed by atoms with Crippen molar-refractivity contribution in [1.29, 1.82) is 0 Å². The summed E-state index contributed by atoms with van der Waals surface area (Å²) in [6.07, 6.45) is 1.81. The lowest BCUT2D eigenvalue weighted by molar-refractivity contribution is -0.114. The van der Waals surface area contributed by atoms with Crippen LogP contribution in [0.5, 0.6) is 0 Å². The Hall–Kier alpha value is -3.23. The first-order valence-corrected chi connectivity index (χ1v) is 11.4. The summed E-state index contributed by atoms with van der Waals surface area (Å²) < 4.78 is 7.61. The second-order valence-corrected chi connectivity index (χ2v) is 8.58. The van der Waals surface area contributed by atoms with Gasteiger partial charge in [0.25, 0.3) is 0 Å². The van der Waals surface area contributed by atoms with Crippen LogP contribution >= 0.6 is 12.2 Å². The van der Waals surface area contributed by atoms with Crippen LogP contribution in [0.3, 0.4) is 0 Å². The van der Waals surface area contributed by atoms with Crippen LogP contribution in [0.2, 0.25) is 0 Å². The number of nitrogens with zero attached hydrogens (tertiary/aromatic N) is 3. The third-order valence-corrected chi connectivity index (χ3v) is 6.33. The first kappa shape index (κ1) is 22.9. The van der Waals surface area contributed by atoms with Crippen molar-refractivity contribution < 1.29 is 9.53 Å². The topological polar surface area (TPSA) is 71.4 Å². The Morgan fingerprint density at radius 3 is 2.61 bits per heavy atom. The molecule has 1 aromatic carbocycles. The number of methoxy groups -OCH3 is 1. The lowest BCUT2D eigenvalue weighted by Crippen LogP contribution is -2.29. The summed E-state index contributed by atoms with van der Waals surface area (Å²) in [6.45, 7) is 7.20. The number of pyridine rings is 1. The molecule has 3 aromatic rings. The van der Waals surface area contributed by atoms with Crippen molar-refractivity contribution in [1.82, 2.24) is 14.9 Å². The summed E-state index contributed by atoms with van der Waals surface area (Å²) >= 11 is 5.82. The second kappa shape index (κ2) is 9.72. The van der Waals surface area contributed by atoms with Crippen molar-refractivity contribution in [2.75, 3.05) is 23.9 Å². The Labute approximate surface area is 199 Å². The fraction of sp³-hybridized carbons (Fsp3) is 0.320. The molecule has 7 nitrogen and oxygen atoms in total. The van der Waals surface area contributed by atoms with Gasteiger partial charge < -0.3 is 24.8 Å². The molecule has 172 valence electrons. The Kier molecular flexibility index (Phi) is 6.76. The monoisotopic (exact) mass is 463 g/mol. The molecular formula is C25H29N5O2S. The van der Waals surface area contributed by atoms with Crippen molar-refractivity contribution in [2.24, 2.45) is 0 Å². The van der Waals surface area contributed by atoms with Crippen LogP contribution in [0.4, 0.5) is 11.4 Å². The molecule has 0 bridgehead atoms. The average Bonchev–Trinajstić information content (AvgIpc) is 3.28. The third kappa shape index (κ3) is 4.62. The number of thiocarbonyl (C=S) groups is 1. The molecule has 33 heavy (non-hydrogen) atoms. The lowest BCUT2D eigenvalue weighted by Gasteiger charge is -2.28. The predicted octanol–water partition coefficient (Wildman–Crippen LogP) is 4.28. The SMILES string of the molecule is COCCn1c(C)cc([C@H]2[C@@H](c3ccccn3)NC(=S)N2c2ccc(NC(C)=O)cc2)c1C. The van der Waals surface area contributed by atoms with E-state index in [-0.39, 0.29) is 18.0 Å². The fourth-order valence-corrected chi connectivity index (χ4v) is 4.86. The molecule has 3 heterocycles. The molecule has 1 aliphatic rings.